The van der Waals surface area contributed by atoms with E-state index < -0.39 is 5.97 Å². The number of carbonyl (C=O) groups excluding carboxylic acids is 1. The van der Waals surface area contributed by atoms with Gasteiger partial charge < -0.3 is 5.11 Å². The smallest absolute Gasteiger partial charge is 0.331 e. The van der Waals surface area contributed by atoms with E-state index in [1.165, 1.54) is 0 Å². The van der Waals surface area contributed by atoms with E-state index in [0.29, 0.717) is 23.1 Å². The van der Waals surface area contributed by atoms with Crippen LogP contribution in [-0.4, -0.2) is 17.4 Å². The molecule has 0 atom stereocenters. The second-order valence-corrected chi connectivity index (χ2v) is 3.21. The van der Waals surface area contributed by atoms with Crippen molar-refractivity contribution in [3.63, 3.8) is 0 Å². The highest BCUT2D eigenvalue weighted by molar-refractivity contribution is 5.87. The summed E-state index contributed by atoms with van der Waals surface area (Å²) < 4.78 is 0. The molecule has 3 nitrogen and oxygen atoms in total. The largest absolute Gasteiger partial charge is 0.478 e. The van der Waals surface area contributed by atoms with Crippen molar-refractivity contribution >= 4 is 12.3 Å². The fourth-order valence-electron chi connectivity index (χ4n) is 1.08. The lowest BCUT2D eigenvalue weighted by atomic mass is 10.1. The van der Waals surface area contributed by atoms with E-state index in [0.717, 1.165) is 6.29 Å². The lowest BCUT2D eigenvalue weighted by Crippen LogP contribution is -2.01. The zero-order chi connectivity index (χ0) is 11.8. The lowest BCUT2D eigenvalue weighted by molar-refractivity contribution is -0.132. The number of carbonyl (C=O) groups is 2. The Morgan fingerprint density at radius 2 is 1.93 bits per heavy atom. The molecule has 3 heteroatoms. The molecule has 0 rings (SSSR count). The maximum Gasteiger partial charge on any atom is 0.331 e. The van der Waals surface area contributed by atoms with Crippen LogP contribution in [0.25, 0.3) is 0 Å². The van der Waals surface area contributed by atoms with Gasteiger partial charge in [0, 0.05) is 5.57 Å². The minimum absolute atomic E-state index is 0.392. The van der Waals surface area contributed by atoms with E-state index in [1.807, 2.05) is 0 Å². The third kappa shape index (κ3) is 4.96. The van der Waals surface area contributed by atoms with Crippen LogP contribution in [-0.2, 0) is 9.59 Å². The number of hydrogen-bond donors (Lipinski definition) is 1. The van der Waals surface area contributed by atoms with Crippen LogP contribution in [0.4, 0.5) is 0 Å². The van der Waals surface area contributed by atoms with Gasteiger partial charge in [0.05, 0.1) is 0 Å². The van der Waals surface area contributed by atoms with Crippen molar-refractivity contribution in [1.29, 1.82) is 0 Å². The van der Waals surface area contributed by atoms with E-state index in [2.05, 4.69) is 0 Å². The Balaban J connectivity index is 4.79. The molecule has 0 aliphatic heterocycles. The number of aliphatic carboxylic acids is 1. The molecule has 0 spiro atoms. The first-order valence-electron chi connectivity index (χ1n) is 4.76. The predicted molar refractivity (Wildman–Crippen MR) is 59.6 cm³/mol. The molecule has 0 aliphatic carbocycles. The van der Waals surface area contributed by atoms with E-state index in [-0.39, 0.29) is 0 Å². The van der Waals surface area contributed by atoms with Crippen molar-refractivity contribution in [1.82, 2.24) is 0 Å². The molecular formula is C12H16O3. The molecule has 0 aromatic rings. The zero-order valence-electron chi connectivity index (χ0n) is 9.28. The first-order chi connectivity index (χ1) is 7.02. The molecule has 0 saturated carbocycles. The maximum absolute atomic E-state index is 10.8. The first-order valence-corrected chi connectivity index (χ1v) is 4.76. The quantitative estimate of drug-likeness (QED) is 0.429. The number of carboxylic acids is 1. The summed E-state index contributed by atoms with van der Waals surface area (Å²) in [6.45, 7) is 5.23. The van der Waals surface area contributed by atoms with Gasteiger partial charge >= 0.3 is 5.97 Å². The maximum atomic E-state index is 10.8. The topological polar surface area (TPSA) is 54.4 Å². The summed E-state index contributed by atoms with van der Waals surface area (Å²) in [4.78, 5) is 21.0. The number of carboxylic acid groups (broad SMARTS) is 1. The van der Waals surface area contributed by atoms with Crippen LogP contribution in [0.1, 0.15) is 27.2 Å². The highest BCUT2D eigenvalue weighted by Gasteiger charge is 2.05. The van der Waals surface area contributed by atoms with Crippen LogP contribution >= 0.6 is 0 Å². The minimum atomic E-state index is -0.893. The minimum Gasteiger partial charge on any atom is -0.478 e. The molecule has 0 heterocycles. The molecule has 0 aliphatic rings. The molecular weight excluding hydrogens is 192 g/mol. The van der Waals surface area contributed by atoms with Gasteiger partial charge in [0.15, 0.2) is 0 Å². The summed E-state index contributed by atoms with van der Waals surface area (Å²) in [7, 11) is 0. The molecule has 0 amide bonds. The molecule has 0 fully saturated rings. The summed E-state index contributed by atoms with van der Waals surface area (Å²) in [5, 5.41) is 8.84. The molecule has 0 radical (unpaired) electrons. The third-order valence-electron chi connectivity index (χ3n) is 1.98. The van der Waals surface area contributed by atoms with Crippen molar-refractivity contribution in [2.75, 3.05) is 0 Å². The number of allylic oxidation sites excluding steroid dienone is 5. The van der Waals surface area contributed by atoms with Gasteiger partial charge in [-0.05, 0) is 31.4 Å². The Hall–Kier alpha value is -1.64. The SMILES string of the molecule is CCC(C(=O)O)=C(C)C=CC=C(C)C=O. The highest BCUT2D eigenvalue weighted by atomic mass is 16.4. The Morgan fingerprint density at radius 3 is 2.33 bits per heavy atom. The average molecular weight is 208 g/mol. The highest BCUT2D eigenvalue weighted by Crippen LogP contribution is 2.10. The van der Waals surface area contributed by atoms with E-state index in [1.54, 1.807) is 39.0 Å². The standard InChI is InChI=1S/C12H16O3/c1-4-11(12(14)15)10(3)7-5-6-9(2)8-13/h5-8H,4H2,1-3H3,(H,14,15). The Kier molecular flexibility index (Phi) is 6.02. The van der Waals surface area contributed by atoms with Crippen molar-refractivity contribution in [3.05, 3.63) is 34.9 Å². The van der Waals surface area contributed by atoms with Gasteiger partial charge in [0.2, 0.25) is 0 Å². The van der Waals surface area contributed by atoms with Crippen LogP contribution in [0, 0.1) is 0 Å². The second-order valence-electron chi connectivity index (χ2n) is 3.21. The van der Waals surface area contributed by atoms with Gasteiger partial charge in [-0.15, -0.1) is 0 Å². The van der Waals surface area contributed by atoms with Crippen molar-refractivity contribution in [3.8, 4) is 0 Å². The lowest BCUT2D eigenvalue weighted by Gasteiger charge is -2.00. The van der Waals surface area contributed by atoms with E-state index in [4.69, 9.17) is 5.11 Å². The van der Waals surface area contributed by atoms with Gasteiger partial charge in [0.25, 0.3) is 0 Å². The van der Waals surface area contributed by atoms with E-state index in [9.17, 15) is 9.59 Å². The third-order valence-corrected chi connectivity index (χ3v) is 1.98. The first kappa shape index (κ1) is 13.4. The normalized spacial score (nSPS) is 13.9. The monoisotopic (exact) mass is 208 g/mol. The van der Waals surface area contributed by atoms with Crippen LogP contribution < -0.4 is 0 Å². The van der Waals surface area contributed by atoms with Crippen LogP contribution in [0.5, 0.6) is 0 Å². The van der Waals surface area contributed by atoms with Crippen LogP contribution in [0.15, 0.2) is 34.9 Å². The Morgan fingerprint density at radius 1 is 1.33 bits per heavy atom. The Labute approximate surface area is 89.8 Å². The van der Waals surface area contributed by atoms with Crippen LogP contribution in [0.3, 0.4) is 0 Å². The van der Waals surface area contributed by atoms with Crippen molar-refractivity contribution in [2.45, 2.75) is 27.2 Å². The van der Waals surface area contributed by atoms with Crippen LogP contribution in [0.2, 0.25) is 0 Å². The summed E-state index contributed by atoms with van der Waals surface area (Å²) in [6.07, 6.45) is 6.26. The summed E-state index contributed by atoms with van der Waals surface area (Å²) in [5.41, 5.74) is 1.70. The second kappa shape index (κ2) is 6.76. The van der Waals surface area contributed by atoms with Gasteiger partial charge in [0.1, 0.15) is 6.29 Å². The van der Waals surface area contributed by atoms with Gasteiger partial charge in [-0.3, -0.25) is 4.79 Å². The van der Waals surface area contributed by atoms with Crippen molar-refractivity contribution in [2.24, 2.45) is 0 Å². The van der Waals surface area contributed by atoms with Gasteiger partial charge in [-0.1, -0.05) is 25.2 Å². The molecule has 0 bridgehead atoms. The van der Waals surface area contributed by atoms with Gasteiger partial charge in [-0.2, -0.15) is 0 Å². The molecule has 15 heavy (non-hydrogen) atoms. The van der Waals surface area contributed by atoms with E-state index >= 15 is 0 Å². The number of rotatable bonds is 5. The molecule has 0 aromatic heterocycles. The number of hydrogen-bond acceptors (Lipinski definition) is 2. The predicted octanol–water partition coefficient (Wildman–Crippen LogP) is 2.50. The van der Waals surface area contributed by atoms with Crippen molar-refractivity contribution < 1.29 is 14.7 Å². The molecule has 0 saturated heterocycles. The molecule has 1 N–H and O–H groups in total. The zero-order valence-corrected chi connectivity index (χ0v) is 9.28. The summed E-state index contributed by atoms with van der Waals surface area (Å²) in [6, 6.07) is 0. The summed E-state index contributed by atoms with van der Waals surface area (Å²) in [5.74, 6) is -0.893. The fraction of sp³-hybridized carbons (Fsp3) is 0.333. The Bertz CT molecular complexity index is 333. The number of aldehydes is 1. The fourth-order valence-corrected chi connectivity index (χ4v) is 1.08. The molecule has 0 aromatic carbocycles. The van der Waals surface area contributed by atoms with Gasteiger partial charge in [-0.25, -0.2) is 4.79 Å². The average Bonchev–Trinajstić information content (AvgIpc) is 2.17. The molecule has 82 valence electrons. The molecule has 0 unspecified atom stereocenters. The summed E-state index contributed by atoms with van der Waals surface area (Å²) >= 11 is 0.